The zero-order valence-corrected chi connectivity index (χ0v) is 19.5. The van der Waals surface area contributed by atoms with Crippen molar-refractivity contribution < 1.29 is 14.6 Å². The molecule has 170 valence electrons. The maximum absolute atomic E-state index is 11.4. The highest BCUT2D eigenvalue weighted by molar-refractivity contribution is 5.91. The van der Waals surface area contributed by atoms with Crippen LogP contribution in [-0.2, 0) is 6.42 Å². The first kappa shape index (κ1) is 26.3. The van der Waals surface area contributed by atoms with Crippen LogP contribution in [0.5, 0.6) is 5.75 Å². The Morgan fingerprint density at radius 2 is 1.40 bits per heavy atom. The molecule has 0 fully saturated rings. The van der Waals surface area contributed by atoms with Crippen molar-refractivity contribution >= 4 is 5.97 Å². The molecule has 1 N–H and O–H groups in total. The minimum absolute atomic E-state index is 0.277. The molecule has 3 heteroatoms. The molecule has 1 rings (SSSR count). The number of unbranched alkanes of at least 4 members (excludes halogenated alkanes) is 12. The number of aryl methyl sites for hydroxylation is 1. The summed E-state index contributed by atoms with van der Waals surface area (Å²) in [5, 5.41) is 9.34. The van der Waals surface area contributed by atoms with Crippen LogP contribution in [0.3, 0.4) is 0 Å². The van der Waals surface area contributed by atoms with E-state index >= 15 is 0 Å². The Bertz CT molecular complexity index is 592. The van der Waals surface area contributed by atoms with Gasteiger partial charge in [-0.15, -0.1) is 0 Å². The topological polar surface area (TPSA) is 46.5 Å². The van der Waals surface area contributed by atoms with E-state index in [1.54, 1.807) is 12.1 Å². The van der Waals surface area contributed by atoms with Gasteiger partial charge in [-0.2, -0.15) is 0 Å². The molecule has 1 aromatic carbocycles. The molecule has 0 atom stereocenters. The lowest BCUT2D eigenvalue weighted by atomic mass is 10.1. The van der Waals surface area contributed by atoms with Gasteiger partial charge in [0.2, 0.25) is 0 Å². The van der Waals surface area contributed by atoms with E-state index in [0.29, 0.717) is 12.4 Å². The fraction of sp³-hybridized carbons (Fsp3) is 0.667. The first-order valence-electron chi connectivity index (χ1n) is 12.3. The normalized spacial score (nSPS) is 11.3. The zero-order chi connectivity index (χ0) is 21.9. The van der Waals surface area contributed by atoms with Crippen molar-refractivity contribution in [1.82, 2.24) is 0 Å². The number of carboxylic acids is 1. The third-order valence-electron chi connectivity index (χ3n) is 5.61. The van der Waals surface area contributed by atoms with Gasteiger partial charge in [-0.25, -0.2) is 4.79 Å². The number of aromatic carboxylic acids is 1. The highest BCUT2D eigenvalue weighted by Gasteiger charge is 2.14. The standard InChI is InChI=1S/C27H44O3/c1-3-5-6-7-8-9-10-11-12-13-14-15-16-17-18-19-23-30-26-24(4-2)21-20-22-25(26)27(28)29/h11-12,20-22H,3-10,13-19,23H2,1-2H3,(H,28,29). The molecule has 3 nitrogen and oxygen atoms in total. The Hall–Kier alpha value is -1.77. The summed E-state index contributed by atoms with van der Waals surface area (Å²) >= 11 is 0. The van der Waals surface area contributed by atoms with Crippen LogP contribution in [0, 0.1) is 0 Å². The fourth-order valence-electron chi connectivity index (χ4n) is 3.73. The monoisotopic (exact) mass is 416 g/mol. The summed E-state index contributed by atoms with van der Waals surface area (Å²) in [6.45, 7) is 4.89. The zero-order valence-electron chi connectivity index (χ0n) is 19.5. The van der Waals surface area contributed by atoms with Crippen molar-refractivity contribution in [3.63, 3.8) is 0 Å². The largest absolute Gasteiger partial charge is 0.492 e. The number of ether oxygens (including phenoxy) is 1. The van der Waals surface area contributed by atoms with E-state index < -0.39 is 5.97 Å². The molecule has 0 spiro atoms. The van der Waals surface area contributed by atoms with Gasteiger partial charge in [0.15, 0.2) is 0 Å². The average molecular weight is 417 g/mol. The predicted octanol–water partition coefficient (Wildman–Crippen LogP) is 8.36. The van der Waals surface area contributed by atoms with E-state index in [0.717, 1.165) is 24.8 Å². The smallest absolute Gasteiger partial charge is 0.339 e. The second-order valence-corrected chi connectivity index (χ2v) is 8.24. The van der Waals surface area contributed by atoms with Crippen LogP contribution in [0.4, 0.5) is 0 Å². The molecular weight excluding hydrogens is 372 g/mol. The molecule has 0 amide bonds. The number of hydrogen-bond acceptors (Lipinski definition) is 2. The van der Waals surface area contributed by atoms with Gasteiger partial charge in [0, 0.05) is 0 Å². The van der Waals surface area contributed by atoms with E-state index in [-0.39, 0.29) is 5.56 Å². The number of carbonyl (C=O) groups is 1. The van der Waals surface area contributed by atoms with E-state index in [1.165, 1.54) is 77.0 Å². The molecule has 0 aromatic heterocycles. The number of allylic oxidation sites excluding steroid dienone is 2. The Morgan fingerprint density at radius 1 is 0.833 bits per heavy atom. The number of benzene rings is 1. The third kappa shape index (κ3) is 12.0. The lowest BCUT2D eigenvalue weighted by Gasteiger charge is -2.13. The van der Waals surface area contributed by atoms with E-state index in [2.05, 4.69) is 19.1 Å². The average Bonchev–Trinajstić information content (AvgIpc) is 2.75. The Balaban J connectivity index is 2.00. The van der Waals surface area contributed by atoms with Crippen LogP contribution in [0.15, 0.2) is 30.4 Å². The van der Waals surface area contributed by atoms with Gasteiger partial charge in [-0.3, -0.25) is 0 Å². The minimum Gasteiger partial charge on any atom is -0.492 e. The van der Waals surface area contributed by atoms with Crippen molar-refractivity contribution in [3.05, 3.63) is 41.5 Å². The van der Waals surface area contributed by atoms with Gasteiger partial charge < -0.3 is 9.84 Å². The number of rotatable bonds is 19. The molecule has 0 radical (unpaired) electrons. The van der Waals surface area contributed by atoms with Crippen LogP contribution in [0.25, 0.3) is 0 Å². The Kier molecular flexibility index (Phi) is 15.8. The molecule has 0 aliphatic heterocycles. The summed E-state index contributed by atoms with van der Waals surface area (Å²) in [6.07, 6.45) is 23.4. The Labute approximate surface area is 184 Å². The first-order chi connectivity index (χ1) is 14.7. The molecule has 30 heavy (non-hydrogen) atoms. The van der Waals surface area contributed by atoms with Crippen LogP contribution in [0.2, 0.25) is 0 Å². The minimum atomic E-state index is -0.915. The van der Waals surface area contributed by atoms with Crippen molar-refractivity contribution in [2.75, 3.05) is 6.61 Å². The number of carboxylic acid groups (broad SMARTS) is 1. The first-order valence-corrected chi connectivity index (χ1v) is 12.3. The van der Waals surface area contributed by atoms with Crippen molar-refractivity contribution in [2.24, 2.45) is 0 Å². The molecule has 1 aromatic rings. The summed E-state index contributed by atoms with van der Waals surface area (Å²) in [5.74, 6) is -0.360. The van der Waals surface area contributed by atoms with Gasteiger partial charge in [-0.05, 0) is 50.2 Å². The van der Waals surface area contributed by atoms with Gasteiger partial charge in [0.05, 0.1) is 6.61 Å². The molecule has 0 saturated carbocycles. The molecular formula is C27H44O3. The number of para-hydroxylation sites is 1. The molecule has 0 heterocycles. The predicted molar refractivity (Wildman–Crippen MR) is 128 cm³/mol. The third-order valence-corrected chi connectivity index (χ3v) is 5.61. The Morgan fingerprint density at radius 3 is 1.97 bits per heavy atom. The second kappa shape index (κ2) is 18.0. The summed E-state index contributed by atoms with van der Waals surface area (Å²) in [7, 11) is 0. The van der Waals surface area contributed by atoms with E-state index in [4.69, 9.17) is 4.74 Å². The molecule has 0 bridgehead atoms. The van der Waals surface area contributed by atoms with Gasteiger partial charge in [-0.1, -0.05) is 95.9 Å². The van der Waals surface area contributed by atoms with E-state index in [1.807, 2.05) is 13.0 Å². The maximum Gasteiger partial charge on any atom is 0.339 e. The lowest BCUT2D eigenvalue weighted by Crippen LogP contribution is -2.07. The fourth-order valence-corrected chi connectivity index (χ4v) is 3.73. The summed E-state index contributed by atoms with van der Waals surface area (Å²) in [6, 6.07) is 5.36. The highest BCUT2D eigenvalue weighted by atomic mass is 16.5. The van der Waals surface area contributed by atoms with Crippen molar-refractivity contribution in [1.29, 1.82) is 0 Å². The summed E-state index contributed by atoms with van der Waals surface area (Å²) in [4.78, 5) is 11.4. The van der Waals surface area contributed by atoms with Crippen molar-refractivity contribution in [2.45, 2.75) is 110 Å². The summed E-state index contributed by atoms with van der Waals surface area (Å²) < 4.78 is 5.85. The van der Waals surface area contributed by atoms with Crippen molar-refractivity contribution in [3.8, 4) is 5.75 Å². The van der Waals surface area contributed by atoms with Gasteiger partial charge in [0.1, 0.15) is 11.3 Å². The SMILES string of the molecule is CCCCCCCCC=CCCCCCCCCOc1c(CC)cccc1C(=O)O. The highest BCUT2D eigenvalue weighted by Crippen LogP contribution is 2.25. The second-order valence-electron chi connectivity index (χ2n) is 8.24. The van der Waals surface area contributed by atoms with Crippen LogP contribution >= 0.6 is 0 Å². The van der Waals surface area contributed by atoms with Gasteiger partial charge >= 0.3 is 5.97 Å². The molecule has 0 aliphatic carbocycles. The molecule has 0 aliphatic rings. The van der Waals surface area contributed by atoms with Crippen LogP contribution in [0.1, 0.15) is 120 Å². The maximum atomic E-state index is 11.4. The number of hydrogen-bond donors (Lipinski definition) is 1. The molecule has 0 unspecified atom stereocenters. The van der Waals surface area contributed by atoms with Crippen LogP contribution < -0.4 is 4.74 Å². The summed E-state index contributed by atoms with van der Waals surface area (Å²) in [5.41, 5.74) is 1.25. The van der Waals surface area contributed by atoms with E-state index in [9.17, 15) is 9.90 Å². The van der Waals surface area contributed by atoms with Gasteiger partial charge in [0.25, 0.3) is 0 Å². The quantitative estimate of drug-likeness (QED) is 0.182. The lowest BCUT2D eigenvalue weighted by molar-refractivity contribution is 0.0692. The van der Waals surface area contributed by atoms with Crippen LogP contribution in [-0.4, -0.2) is 17.7 Å². The molecule has 0 saturated heterocycles.